The quantitative estimate of drug-likeness (QED) is 0.244. The molecule has 0 radical (unpaired) electrons. The fourth-order valence-corrected chi connectivity index (χ4v) is 5.32. The normalized spacial score (nSPS) is 16.3. The fourth-order valence-electron chi connectivity index (χ4n) is 3.77. The number of hydrogen-bond donors (Lipinski definition) is 4. The molecule has 4 heteroatoms. The van der Waals surface area contributed by atoms with Gasteiger partial charge >= 0.3 is 0 Å². The van der Waals surface area contributed by atoms with Crippen molar-refractivity contribution in [1.82, 2.24) is 0 Å². The molecule has 0 heterocycles. The molecule has 0 aliphatic rings. The monoisotopic (exact) mass is 430 g/mol. The van der Waals surface area contributed by atoms with Crippen molar-refractivity contribution >= 4 is 50.5 Å². The van der Waals surface area contributed by atoms with Gasteiger partial charge in [0.05, 0.1) is 0 Å². The Labute approximate surface area is 184 Å². The lowest BCUT2D eigenvalue weighted by atomic mass is 9.78. The molecule has 4 unspecified atom stereocenters. The maximum Gasteiger partial charge on any atom is -0.00922 e. The summed E-state index contributed by atoms with van der Waals surface area (Å²) in [7, 11) is 0. The number of benzene rings is 1. The van der Waals surface area contributed by atoms with E-state index in [0.29, 0.717) is 23.7 Å². The van der Waals surface area contributed by atoms with E-state index in [9.17, 15) is 0 Å². The highest BCUT2D eigenvalue weighted by Gasteiger charge is 2.22. The lowest BCUT2D eigenvalue weighted by Crippen LogP contribution is -2.12. The summed E-state index contributed by atoms with van der Waals surface area (Å²) in [6.07, 6.45) is 4.48. The van der Waals surface area contributed by atoms with Crippen LogP contribution < -0.4 is 0 Å². The van der Waals surface area contributed by atoms with E-state index >= 15 is 0 Å². The van der Waals surface area contributed by atoms with Crippen molar-refractivity contribution in [1.29, 1.82) is 0 Å². The maximum absolute atomic E-state index is 4.49. The third-order valence-electron chi connectivity index (χ3n) is 5.66. The molecule has 0 bridgehead atoms. The molecule has 0 amide bonds. The average Bonchev–Trinajstić information content (AvgIpc) is 2.61. The molecule has 1 aromatic rings. The lowest BCUT2D eigenvalue weighted by Gasteiger charge is -2.28. The first-order valence-corrected chi connectivity index (χ1v) is 12.5. The summed E-state index contributed by atoms with van der Waals surface area (Å²) in [4.78, 5) is 0. The van der Waals surface area contributed by atoms with Gasteiger partial charge in [-0.25, -0.2) is 0 Å². The van der Waals surface area contributed by atoms with Crippen molar-refractivity contribution in [2.75, 3.05) is 23.0 Å². The molecule has 0 N–H and O–H groups in total. The molecule has 0 nitrogen and oxygen atoms in total. The first kappa shape index (κ1) is 24.7. The van der Waals surface area contributed by atoms with E-state index in [1.807, 2.05) is 0 Å². The Kier molecular flexibility index (Phi) is 12.3. The first-order valence-electron chi connectivity index (χ1n) is 10.0. The van der Waals surface area contributed by atoms with Crippen LogP contribution in [0.15, 0.2) is 12.1 Å². The Morgan fingerprint density at radius 2 is 0.692 bits per heavy atom. The Bertz CT molecular complexity index is 439. The third kappa shape index (κ3) is 6.90. The first-order chi connectivity index (χ1) is 12.4. The van der Waals surface area contributed by atoms with Gasteiger partial charge < -0.3 is 0 Å². The molecule has 0 saturated carbocycles. The Balaban J connectivity index is 3.52. The molecule has 0 spiro atoms. The second-order valence-corrected chi connectivity index (χ2v) is 9.55. The van der Waals surface area contributed by atoms with E-state index in [4.69, 9.17) is 0 Å². The maximum atomic E-state index is 4.49. The predicted octanol–water partition coefficient (Wildman–Crippen LogP) is 7.38. The van der Waals surface area contributed by atoms with Crippen molar-refractivity contribution in [3.8, 4) is 0 Å². The van der Waals surface area contributed by atoms with Gasteiger partial charge in [-0.15, -0.1) is 0 Å². The summed E-state index contributed by atoms with van der Waals surface area (Å²) in [5, 5.41) is 0. The van der Waals surface area contributed by atoms with E-state index in [1.54, 1.807) is 0 Å². The van der Waals surface area contributed by atoms with Gasteiger partial charge in [-0.05, 0) is 94.6 Å². The Morgan fingerprint density at radius 1 is 0.500 bits per heavy atom. The average molecular weight is 431 g/mol. The number of thiol groups is 4. The van der Waals surface area contributed by atoms with Crippen LogP contribution in [-0.4, -0.2) is 23.0 Å². The highest BCUT2D eigenvalue weighted by Crippen LogP contribution is 2.39. The predicted molar refractivity (Wildman–Crippen MR) is 134 cm³/mol. The summed E-state index contributed by atoms with van der Waals surface area (Å²) in [5.74, 6) is 5.90. The molecule has 0 aromatic heterocycles. The third-order valence-corrected chi connectivity index (χ3v) is 6.69. The molecular formula is C22H38S4. The highest BCUT2D eigenvalue weighted by atomic mass is 32.1. The topological polar surface area (TPSA) is 0 Å². The van der Waals surface area contributed by atoms with E-state index in [0.717, 1.165) is 48.7 Å². The minimum absolute atomic E-state index is 0.543. The summed E-state index contributed by atoms with van der Waals surface area (Å²) >= 11 is 17.9. The van der Waals surface area contributed by atoms with Crippen LogP contribution in [-0.2, 0) is 0 Å². The van der Waals surface area contributed by atoms with Gasteiger partial charge in [0.1, 0.15) is 0 Å². The Morgan fingerprint density at radius 3 is 0.846 bits per heavy atom. The van der Waals surface area contributed by atoms with E-state index in [-0.39, 0.29) is 0 Å². The van der Waals surface area contributed by atoms with Crippen LogP contribution in [0.5, 0.6) is 0 Å². The summed E-state index contributed by atoms with van der Waals surface area (Å²) < 4.78 is 0. The van der Waals surface area contributed by atoms with Crippen LogP contribution in [0.2, 0.25) is 0 Å². The molecule has 150 valence electrons. The van der Waals surface area contributed by atoms with Gasteiger partial charge in [-0.2, -0.15) is 50.5 Å². The van der Waals surface area contributed by atoms with Crippen LogP contribution in [0.3, 0.4) is 0 Å². The van der Waals surface area contributed by atoms with Gasteiger partial charge in [0.2, 0.25) is 0 Å². The van der Waals surface area contributed by atoms with E-state index < -0.39 is 0 Å². The zero-order chi connectivity index (χ0) is 19.7. The van der Waals surface area contributed by atoms with Crippen LogP contribution >= 0.6 is 50.5 Å². The van der Waals surface area contributed by atoms with Gasteiger partial charge in [0, 0.05) is 0 Å². The van der Waals surface area contributed by atoms with E-state index in [2.05, 4.69) is 90.3 Å². The fraction of sp³-hybridized carbons (Fsp3) is 0.727. The number of hydrogen-bond acceptors (Lipinski definition) is 4. The summed E-state index contributed by atoms with van der Waals surface area (Å²) in [6.45, 7) is 9.41. The molecule has 0 fully saturated rings. The standard InChI is InChI=1S/C22H38S4/c1-15(5-9-23)19-13-21(17(3)7-11-25)22(18(4)8-12-26)14-20(19)16(2)6-10-24/h13-18,23-26H,5-12H2,1-4H3. The second-order valence-electron chi connectivity index (χ2n) is 7.76. The molecule has 0 aliphatic heterocycles. The largest absolute Gasteiger partial charge is 0.179 e. The van der Waals surface area contributed by atoms with Crippen LogP contribution in [0.25, 0.3) is 0 Å². The summed E-state index contributed by atoms with van der Waals surface area (Å²) in [5.41, 5.74) is 6.10. The molecule has 1 aromatic carbocycles. The summed E-state index contributed by atoms with van der Waals surface area (Å²) in [6, 6.07) is 5.05. The smallest absolute Gasteiger partial charge is 0.00922 e. The molecule has 0 aliphatic carbocycles. The van der Waals surface area contributed by atoms with Crippen molar-refractivity contribution in [2.45, 2.75) is 77.0 Å². The van der Waals surface area contributed by atoms with E-state index in [1.165, 1.54) is 22.3 Å². The molecular weight excluding hydrogens is 393 g/mol. The molecule has 0 saturated heterocycles. The zero-order valence-electron chi connectivity index (χ0n) is 16.9. The van der Waals surface area contributed by atoms with Crippen molar-refractivity contribution in [3.63, 3.8) is 0 Å². The lowest BCUT2D eigenvalue weighted by molar-refractivity contribution is 0.652. The van der Waals surface area contributed by atoms with Gasteiger partial charge in [-0.3, -0.25) is 0 Å². The molecule has 4 atom stereocenters. The van der Waals surface area contributed by atoms with Crippen molar-refractivity contribution in [2.24, 2.45) is 0 Å². The second kappa shape index (κ2) is 13.0. The van der Waals surface area contributed by atoms with Crippen LogP contribution in [0.1, 0.15) is 99.3 Å². The van der Waals surface area contributed by atoms with Gasteiger partial charge in [-0.1, -0.05) is 39.8 Å². The van der Waals surface area contributed by atoms with Crippen molar-refractivity contribution in [3.05, 3.63) is 34.4 Å². The Hall–Kier alpha value is 0.620. The molecule has 26 heavy (non-hydrogen) atoms. The van der Waals surface area contributed by atoms with Gasteiger partial charge in [0.15, 0.2) is 0 Å². The van der Waals surface area contributed by atoms with Gasteiger partial charge in [0.25, 0.3) is 0 Å². The minimum Gasteiger partial charge on any atom is -0.179 e. The zero-order valence-corrected chi connectivity index (χ0v) is 20.5. The van der Waals surface area contributed by atoms with Crippen molar-refractivity contribution < 1.29 is 0 Å². The number of rotatable bonds is 12. The minimum atomic E-state index is 0.543. The SMILES string of the molecule is CC(CCS)c1cc(C(C)CCS)c(C(C)CCS)cc1C(C)CCS. The van der Waals surface area contributed by atoms with Crippen LogP contribution in [0.4, 0.5) is 0 Å². The molecule has 1 rings (SSSR count). The van der Waals surface area contributed by atoms with Crippen LogP contribution in [0, 0.1) is 0 Å². The highest BCUT2D eigenvalue weighted by molar-refractivity contribution is 7.80.